The van der Waals surface area contributed by atoms with Crippen molar-refractivity contribution in [2.45, 2.75) is 6.61 Å². The van der Waals surface area contributed by atoms with Gasteiger partial charge in [0, 0.05) is 15.6 Å². The second-order valence-electron chi connectivity index (χ2n) is 6.07. The molecule has 0 atom stereocenters. The van der Waals surface area contributed by atoms with Crippen LogP contribution in [0.3, 0.4) is 0 Å². The first-order valence-electron chi connectivity index (χ1n) is 8.70. The van der Waals surface area contributed by atoms with Gasteiger partial charge in [0.05, 0.1) is 19.9 Å². The summed E-state index contributed by atoms with van der Waals surface area (Å²) in [6, 6.07) is 16.6. The molecule has 0 radical (unpaired) electrons. The average molecular weight is 460 g/mol. The van der Waals surface area contributed by atoms with Gasteiger partial charge in [0.1, 0.15) is 29.7 Å². The Hall–Kier alpha value is -3.06. The van der Waals surface area contributed by atoms with Crippen molar-refractivity contribution in [3.05, 3.63) is 82.1 Å². The quantitative estimate of drug-likeness (QED) is 0.511. The Morgan fingerprint density at radius 1 is 0.966 bits per heavy atom. The number of nitrogens with one attached hydrogen (secondary N) is 1. The van der Waals surface area contributed by atoms with Crippen LogP contribution >= 0.6 is 15.9 Å². The van der Waals surface area contributed by atoms with Crippen LogP contribution in [0.1, 0.15) is 15.9 Å². The van der Waals surface area contributed by atoms with E-state index in [4.69, 9.17) is 14.2 Å². The molecule has 0 saturated heterocycles. The Morgan fingerprint density at radius 2 is 1.69 bits per heavy atom. The van der Waals surface area contributed by atoms with Crippen LogP contribution in [0.25, 0.3) is 0 Å². The number of carbonyl (C=O) groups is 1. The first kappa shape index (κ1) is 20.7. The molecule has 0 aliphatic rings. The van der Waals surface area contributed by atoms with Crippen molar-refractivity contribution in [1.29, 1.82) is 0 Å². The molecule has 0 heterocycles. The summed E-state index contributed by atoms with van der Waals surface area (Å²) in [5.41, 5.74) is 1.15. The summed E-state index contributed by atoms with van der Waals surface area (Å²) >= 11 is 3.19. The van der Waals surface area contributed by atoms with Gasteiger partial charge in [0.2, 0.25) is 0 Å². The van der Waals surface area contributed by atoms with Gasteiger partial charge in [-0.2, -0.15) is 0 Å². The number of halogens is 2. The summed E-state index contributed by atoms with van der Waals surface area (Å²) in [6.07, 6.45) is 0. The number of carbonyl (C=O) groups excluding carboxylic acids is 1. The van der Waals surface area contributed by atoms with Crippen molar-refractivity contribution < 1.29 is 23.4 Å². The van der Waals surface area contributed by atoms with Crippen molar-refractivity contribution in [1.82, 2.24) is 0 Å². The number of methoxy groups -OCH3 is 2. The molecule has 5 nitrogen and oxygen atoms in total. The summed E-state index contributed by atoms with van der Waals surface area (Å²) in [5.74, 6) is 1.02. The van der Waals surface area contributed by atoms with E-state index in [0.29, 0.717) is 27.1 Å². The Kier molecular flexibility index (Phi) is 6.72. The fourth-order valence-corrected chi connectivity index (χ4v) is 2.98. The van der Waals surface area contributed by atoms with Gasteiger partial charge in [0.15, 0.2) is 0 Å². The van der Waals surface area contributed by atoms with Crippen LogP contribution in [0.15, 0.2) is 65.1 Å². The topological polar surface area (TPSA) is 56.8 Å². The Bertz CT molecular complexity index is 1010. The fraction of sp³-hybridized carbons (Fsp3) is 0.136. The van der Waals surface area contributed by atoms with E-state index in [9.17, 15) is 9.18 Å². The molecule has 0 aliphatic heterocycles. The molecule has 0 bridgehead atoms. The smallest absolute Gasteiger partial charge is 0.255 e. The van der Waals surface area contributed by atoms with E-state index in [2.05, 4.69) is 21.2 Å². The van der Waals surface area contributed by atoms with Crippen molar-refractivity contribution in [2.75, 3.05) is 19.5 Å². The van der Waals surface area contributed by atoms with E-state index in [0.717, 1.165) is 5.75 Å². The third-order valence-corrected chi connectivity index (χ3v) is 4.67. The van der Waals surface area contributed by atoms with Crippen LogP contribution in [-0.4, -0.2) is 20.1 Å². The van der Waals surface area contributed by atoms with Gasteiger partial charge in [-0.1, -0.05) is 15.9 Å². The standard InChI is InChI=1S/C22H19BrFNO4/c1-27-17-5-7-18(8-6-17)29-13-15-11-14(3-10-21(15)28-2)22(26)25-20-9-4-16(23)12-19(20)24/h3-12H,13H2,1-2H3,(H,25,26). The van der Waals surface area contributed by atoms with Gasteiger partial charge in [-0.05, 0) is 60.7 Å². The molecule has 0 unspecified atom stereocenters. The van der Waals surface area contributed by atoms with E-state index < -0.39 is 11.7 Å². The second-order valence-corrected chi connectivity index (χ2v) is 6.98. The maximum Gasteiger partial charge on any atom is 0.255 e. The van der Waals surface area contributed by atoms with Crippen LogP contribution < -0.4 is 19.5 Å². The third-order valence-electron chi connectivity index (χ3n) is 4.18. The lowest BCUT2D eigenvalue weighted by atomic mass is 10.1. The molecule has 150 valence electrons. The lowest BCUT2D eigenvalue weighted by molar-refractivity contribution is 0.102. The van der Waals surface area contributed by atoms with E-state index in [1.807, 2.05) is 0 Å². The molecular weight excluding hydrogens is 441 g/mol. The summed E-state index contributed by atoms with van der Waals surface area (Å²) < 4.78 is 30.9. The number of anilines is 1. The van der Waals surface area contributed by atoms with Gasteiger partial charge in [-0.3, -0.25) is 4.79 Å². The molecule has 3 aromatic rings. The predicted molar refractivity (Wildman–Crippen MR) is 112 cm³/mol. The average Bonchev–Trinajstić information content (AvgIpc) is 2.74. The van der Waals surface area contributed by atoms with E-state index in [-0.39, 0.29) is 12.3 Å². The lowest BCUT2D eigenvalue weighted by Crippen LogP contribution is -2.14. The maximum atomic E-state index is 14.0. The Morgan fingerprint density at radius 3 is 2.34 bits per heavy atom. The molecule has 1 amide bonds. The summed E-state index contributed by atoms with van der Waals surface area (Å²) in [5, 5.41) is 2.57. The number of amides is 1. The van der Waals surface area contributed by atoms with Crippen molar-refractivity contribution in [3.63, 3.8) is 0 Å². The molecule has 0 aliphatic carbocycles. The summed E-state index contributed by atoms with van der Waals surface area (Å²) in [7, 11) is 3.14. The van der Waals surface area contributed by atoms with Gasteiger partial charge in [-0.15, -0.1) is 0 Å². The summed E-state index contributed by atoms with van der Waals surface area (Å²) in [6.45, 7) is 0.198. The molecule has 0 spiro atoms. The van der Waals surface area contributed by atoms with E-state index in [1.54, 1.807) is 62.8 Å². The first-order chi connectivity index (χ1) is 14.0. The zero-order chi connectivity index (χ0) is 20.8. The summed E-state index contributed by atoms with van der Waals surface area (Å²) in [4.78, 5) is 12.6. The monoisotopic (exact) mass is 459 g/mol. The third kappa shape index (κ3) is 5.26. The van der Waals surface area contributed by atoms with Crippen LogP contribution in [0.2, 0.25) is 0 Å². The molecule has 0 saturated carbocycles. The normalized spacial score (nSPS) is 10.3. The largest absolute Gasteiger partial charge is 0.497 e. The molecule has 1 N–H and O–H groups in total. The highest BCUT2D eigenvalue weighted by Crippen LogP contribution is 2.25. The minimum Gasteiger partial charge on any atom is -0.497 e. The van der Waals surface area contributed by atoms with Crippen molar-refractivity contribution in [3.8, 4) is 17.2 Å². The van der Waals surface area contributed by atoms with Crippen LogP contribution in [0, 0.1) is 5.82 Å². The molecule has 29 heavy (non-hydrogen) atoms. The molecule has 0 aromatic heterocycles. The Labute approximate surface area is 176 Å². The second kappa shape index (κ2) is 9.43. The fourth-order valence-electron chi connectivity index (χ4n) is 2.65. The first-order valence-corrected chi connectivity index (χ1v) is 9.49. The van der Waals surface area contributed by atoms with E-state index >= 15 is 0 Å². The van der Waals surface area contributed by atoms with Gasteiger partial charge in [-0.25, -0.2) is 4.39 Å². The molecule has 3 aromatic carbocycles. The number of ether oxygens (including phenoxy) is 3. The van der Waals surface area contributed by atoms with Gasteiger partial charge in [0.25, 0.3) is 5.91 Å². The van der Waals surface area contributed by atoms with Gasteiger partial charge >= 0.3 is 0 Å². The minimum absolute atomic E-state index is 0.102. The van der Waals surface area contributed by atoms with E-state index in [1.165, 1.54) is 12.1 Å². The molecule has 3 rings (SSSR count). The van der Waals surface area contributed by atoms with Crippen LogP contribution in [0.5, 0.6) is 17.2 Å². The van der Waals surface area contributed by atoms with Crippen molar-refractivity contribution in [2.24, 2.45) is 0 Å². The highest BCUT2D eigenvalue weighted by Gasteiger charge is 2.13. The minimum atomic E-state index is -0.524. The highest BCUT2D eigenvalue weighted by molar-refractivity contribution is 9.10. The SMILES string of the molecule is COc1ccc(OCc2cc(C(=O)Nc3ccc(Br)cc3F)ccc2OC)cc1. The highest BCUT2D eigenvalue weighted by atomic mass is 79.9. The predicted octanol–water partition coefficient (Wildman–Crippen LogP) is 5.44. The van der Waals surface area contributed by atoms with Crippen molar-refractivity contribution >= 4 is 27.5 Å². The zero-order valence-electron chi connectivity index (χ0n) is 15.9. The molecule has 0 fully saturated rings. The number of rotatable bonds is 7. The number of hydrogen-bond donors (Lipinski definition) is 1. The molecule has 7 heteroatoms. The Balaban J connectivity index is 1.75. The lowest BCUT2D eigenvalue weighted by Gasteiger charge is -2.13. The van der Waals surface area contributed by atoms with Crippen LogP contribution in [0.4, 0.5) is 10.1 Å². The maximum absolute atomic E-state index is 14.0. The number of benzene rings is 3. The molecular formula is C22H19BrFNO4. The number of hydrogen-bond acceptors (Lipinski definition) is 4. The van der Waals surface area contributed by atoms with Crippen LogP contribution in [-0.2, 0) is 6.61 Å². The zero-order valence-corrected chi connectivity index (χ0v) is 17.5. The van der Waals surface area contributed by atoms with Gasteiger partial charge < -0.3 is 19.5 Å².